The zero-order chi connectivity index (χ0) is 14.8. The highest BCUT2D eigenvalue weighted by Crippen LogP contribution is 2.28. The van der Waals surface area contributed by atoms with Crippen molar-refractivity contribution in [2.45, 2.75) is 59.2 Å². The van der Waals surface area contributed by atoms with Crippen LogP contribution >= 0.6 is 0 Å². The van der Waals surface area contributed by atoms with Gasteiger partial charge in [-0.25, -0.2) is 0 Å². The molecule has 0 aromatic carbocycles. The van der Waals surface area contributed by atoms with E-state index < -0.39 is 11.4 Å². The number of hydrogen-bond donors (Lipinski definition) is 1. The Morgan fingerprint density at radius 1 is 1.37 bits per heavy atom. The molecule has 0 spiro atoms. The molecule has 1 aliphatic rings. The molecule has 19 heavy (non-hydrogen) atoms. The van der Waals surface area contributed by atoms with E-state index in [1.54, 1.807) is 4.90 Å². The predicted octanol–water partition coefficient (Wildman–Crippen LogP) is 1.90. The van der Waals surface area contributed by atoms with Gasteiger partial charge in [0.15, 0.2) is 0 Å². The molecule has 0 saturated carbocycles. The van der Waals surface area contributed by atoms with Crippen LogP contribution < -0.4 is 0 Å². The van der Waals surface area contributed by atoms with Crippen LogP contribution in [0.25, 0.3) is 0 Å². The molecule has 1 fully saturated rings. The number of carbonyl (C=O) groups is 2. The molecule has 5 nitrogen and oxygen atoms in total. The van der Waals surface area contributed by atoms with Gasteiger partial charge in [-0.05, 0) is 26.2 Å². The third-order valence-electron chi connectivity index (χ3n) is 3.18. The summed E-state index contributed by atoms with van der Waals surface area (Å²) in [6.45, 7) is 10.6. The lowest BCUT2D eigenvalue weighted by atomic mass is 9.85. The van der Waals surface area contributed by atoms with E-state index >= 15 is 0 Å². The number of ether oxygens (including phenoxy) is 1. The van der Waals surface area contributed by atoms with Gasteiger partial charge in [0.05, 0.1) is 18.1 Å². The largest absolute Gasteiger partial charge is 0.481 e. The molecule has 0 aromatic rings. The normalized spacial score (nSPS) is 23.2. The molecule has 1 unspecified atom stereocenters. The highest BCUT2D eigenvalue weighted by Gasteiger charge is 2.35. The fourth-order valence-electron chi connectivity index (χ4n) is 2.64. The van der Waals surface area contributed by atoms with Crippen LogP contribution in [-0.2, 0) is 14.3 Å². The van der Waals surface area contributed by atoms with E-state index in [2.05, 4.69) is 0 Å². The van der Waals surface area contributed by atoms with Crippen molar-refractivity contribution in [3.63, 3.8) is 0 Å². The zero-order valence-electron chi connectivity index (χ0n) is 12.5. The Hall–Kier alpha value is -1.10. The summed E-state index contributed by atoms with van der Waals surface area (Å²) in [7, 11) is 0. The van der Waals surface area contributed by atoms with Crippen molar-refractivity contribution in [2.75, 3.05) is 13.1 Å². The van der Waals surface area contributed by atoms with Gasteiger partial charge in [0.1, 0.15) is 0 Å². The Balaban J connectivity index is 2.65. The number of rotatable bonds is 4. The number of morpholine rings is 1. The minimum absolute atomic E-state index is 0.00201. The van der Waals surface area contributed by atoms with Crippen LogP contribution in [-0.4, -0.2) is 46.7 Å². The second-order valence-electron chi connectivity index (χ2n) is 6.87. The summed E-state index contributed by atoms with van der Waals surface area (Å²) < 4.78 is 5.76. The second-order valence-corrected chi connectivity index (χ2v) is 6.87. The van der Waals surface area contributed by atoms with Gasteiger partial charge in [0.25, 0.3) is 0 Å². The molecule has 1 atom stereocenters. The molecule has 0 bridgehead atoms. The minimum Gasteiger partial charge on any atom is -0.481 e. The lowest BCUT2D eigenvalue weighted by Crippen LogP contribution is -2.54. The summed E-state index contributed by atoms with van der Waals surface area (Å²) >= 11 is 0. The van der Waals surface area contributed by atoms with Gasteiger partial charge in [-0.2, -0.15) is 0 Å². The Labute approximate surface area is 114 Å². The third-order valence-corrected chi connectivity index (χ3v) is 3.18. The average molecular weight is 271 g/mol. The van der Waals surface area contributed by atoms with Crippen LogP contribution in [0.1, 0.15) is 47.5 Å². The van der Waals surface area contributed by atoms with Crippen molar-refractivity contribution in [1.82, 2.24) is 4.90 Å². The fraction of sp³-hybridized carbons (Fsp3) is 0.857. The molecule has 0 radical (unpaired) electrons. The lowest BCUT2D eigenvalue weighted by Gasteiger charge is -2.42. The topological polar surface area (TPSA) is 66.8 Å². The maximum atomic E-state index is 12.3. The molecular formula is C14H25NO4. The second kappa shape index (κ2) is 5.49. The van der Waals surface area contributed by atoms with Gasteiger partial charge in [0, 0.05) is 19.5 Å². The van der Waals surface area contributed by atoms with E-state index in [1.165, 1.54) is 0 Å². The minimum atomic E-state index is -0.867. The number of carboxylic acid groups (broad SMARTS) is 1. The molecule has 0 aromatic heterocycles. The third kappa shape index (κ3) is 5.19. The summed E-state index contributed by atoms with van der Waals surface area (Å²) in [5, 5.41) is 8.85. The number of carboxylic acids is 1. The van der Waals surface area contributed by atoms with Crippen LogP contribution in [0.3, 0.4) is 0 Å². The standard InChI is InChI=1S/C14H25NO4/c1-10-8-15(9-14(4,5)19-10)11(16)6-13(2,3)7-12(17)18/h10H,6-9H2,1-5H3,(H,17,18). The van der Waals surface area contributed by atoms with E-state index in [-0.39, 0.29) is 30.5 Å². The molecule has 110 valence electrons. The van der Waals surface area contributed by atoms with E-state index in [9.17, 15) is 9.59 Å². The van der Waals surface area contributed by atoms with Crippen LogP contribution in [0, 0.1) is 5.41 Å². The number of nitrogens with zero attached hydrogens (tertiary/aromatic N) is 1. The van der Waals surface area contributed by atoms with E-state index in [4.69, 9.17) is 9.84 Å². The molecule has 5 heteroatoms. The average Bonchev–Trinajstić information content (AvgIpc) is 2.10. The van der Waals surface area contributed by atoms with E-state index in [1.807, 2.05) is 34.6 Å². The maximum absolute atomic E-state index is 12.3. The van der Waals surface area contributed by atoms with Crippen LogP contribution in [0.2, 0.25) is 0 Å². The van der Waals surface area contributed by atoms with E-state index in [0.29, 0.717) is 13.1 Å². The van der Waals surface area contributed by atoms with Crippen LogP contribution in [0.5, 0.6) is 0 Å². The van der Waals surface area contributed by atoms with Crippen molar-refractivity contribution in [3.05, 3.63) is 0 Å². The van der Waals surface area contributed by atoms with Gasteiger partial charge in [-0.3, -0.25) is 9.59 Å². The summed E-state index contributed by atoms with van der Waals surface area (Å²) in [6.07, 6.45) is 0.264. The molecule has 1 aliphatic heterocycles. The monoisotopic (exact) mass is 271 g/mol. The van der Waals surface area contributed by atoms with Gasteiger partial charge in [-0.1, -0.05) is 13.8 Å². The highest BCUT2D eigenvalue weighted by atomic mass is 16.5. The van der Waals surface area contributed by atoms with Gasteiger partial charge in [0.2, 0.25) is 5.91 Å². The molecule has 1 rings (SSSR count). The van der Waals surface area contributed by atoms with Crippen molar-refractivity contribution in [1.29, 1.82) is 0 Å². The molecule has 1 amide bonds. The summed E-state index contributed by atoms with van der Waals surface area (Å²) in [5.74, 6) is -0.858. The Morgan fingerprint density at radius 2 is 1.95 bits per heavy atom. The number of carbonyl (C=O) groups excluding carboxylic acids is 1. The van der Waals surface area contributed by atoms with Crippen LogP contribution in [0.4, 0.5) is 0 Å². The SMILES string of the molecule is CC1CN(C(=O)CC(C)(C)CC(=O)O)CC(C)(C)O1. The van der Waals surface area contributed by atoms with Crippen molar-refractivity contribution >= 4 is 11.9 Å². The smallest absolute Gasteiger partial charge is 0.303 e. The summed E-state index contributed by atoms with van der Waals surface area (Å²) in [4.78, 5) is 24.9. The van der Waals surface area contributed by atoms with Crippen molar-refractivity contribution < 1.29 is 19.4 Å². The Morgan fingerprint density at radius 3 is 2.42 bits per heavy atom. The molecular weight excluding hydrogens is 246 g/mol. The molecule has 1 saturated heterocycles. The quantitative estimate of drug-likeness (QED) is 0.848. The first kappa shape index (κ1) is 16.0. The molecule has 0 aliphatic carbocycles. The van der Waals surface area contributed by atoms with Crippen molar-refractivity contribution in [3.8, 4) is 0 Å². The number of amides is 1. The van der Waals surface area contributed by atoms with Gasteiger partial charge < -0.3 is 14.7 Å². The maximum Gasteiger partial charge on any atom is 0.303 e. The van der Waals surface area contributed by atoms with Gasteiger partial charge in [-0.15, -0.1) is 0 Å². The first-order valence-electron chi connectivity index (χ1n) is 6.68. The summed E-state index contributed by atoms with van der Waals surface area (Å²) in [5.41, 5.74) is -0.862. The summed E-state index contributed by atoms with van der Waals surface area (Å²) in [6, 6.07) is 0. The first-order chi connectivity index (χ1) is 8.51. The van der Waals surface area contributed by atoms with E-state index in [0.717, 1.165) is 0 Å². The molecule has 1 heterocycles. The lowest BCUT2D eigenvalue weighted by molar-refractivity contribution is -0.160. The fourth-order valence-corrected chi connectivity index (χ4v) is 2.64. The van der Waals surface area contributed by atoms with Crippen LogP contribution in [0.15, 0.2) is 0 Å². The Kier molecular flexibility index (Phi) is 4.61. The highest BCUT2D eigenvalue weighted by molar-refractivity contribution is 5.78. The Bertz CT molecular complexity index is 362. The van der Waals surface area contributed by atoms with Crippen molar-refractivity contribution in [2.24, 2.45) is 5.41 Å². The number of aliphatic carboxylic acids is 1. The zero-order valence-corrected chi connectivity index (χ0v) is 12.5. The van der Waals surface area contributed by atoms with Gasteiger partial charge >= 0.3 is 5.97 Å². The molecule has 1 N–H and O–H groups in total. The predicted molar refractivity (Wildman–Crippen MR) is 71.9 cm³/mol. The number of hydrogen-bond acceptors (Lipinski definition) is 3. The first-order valence-corrected chi connectivity index (χ1v) is 6.68.